The molecule has 2 aromatic carbocycles. The van der Waals surface area contributed by atoms with E-state index in [1.807, 2.05) is 33.9 Å². The van der Waals surface area contributed by atoms with Crippen molar-refractivity contribution in [1.82, 2.24) is 19.4 Å². The average molecular weight is 531 g/mol. The third kappa shape index (κ3) is 5.13. The van der Waals surface area contributed by atoms with Crippen LogP contribution in [-0.2, 0) is 24.9 Å². The molecule has 3 heterocycles. The van der Waals surface area contributed by atoms with Gasteiger partial charge in [-0.2, -0.15) is 0 Å². The highest BCUT2D eigenvalue weighted by molar-refractivity contribution is 5.86. The van der Waals surface area contributed by atoms with Crippen molar-refractivity contribution in [2.24, 2.45) is 13.0 Å². The standard InChI is InChI=1S/C31H32F2N4O2/c1-35-13-11-21(15-29(35)38)25-10-12-34-16-26(25)31(39)37(24-8-9-24)19-22-18-36(17-20-4-2-5-23(32)14-20)28-7-3-6-27(33)30(22)28/h2-7,11,13-15,18,24-26,34H,8-10,12,16-17,19H2,1H3/t25-,26?/m1/s1. The molecule has 1 aliphatic heterocycles. The topological polar surface area (TPSA) is 59.3 Å². The maximum Gasteiger partial charge on any atom is 0.250 e. The van der Waals surface area contributed by atoms with Gasteiger partial charge in [-0.3, -0.25) is 9.59 Å². The van der Waals surface area contributed by atoms with E-state index < -0.39 is 0 Å². The maximum absolute atomic E-state index is 15.2. The first-order valence-corrected chi connectivity index (χ1v) is 13.6. The molecule has 1 saturated heterocycles. The van der Waals surface area contributed by atoms with Crippen LogP contribution in [0.25, 0.3) is 10.9 Å². The number of aryl methyl sites for hydroxylation is 1. The van der Waals surface area contributed by atoms with Crippen LogP contribution in [0.2, 0.25) is 0 Å². The van der Waals surface area contributed by atoms with E-state index in [1.165, 1.54) is 22.8 Å². The first-order chi connectivity index (χ1) is 18.9. The van der Waals surface area contributed by atoms with Crippen LogP contribution >= 0.6 is 0 Å². The minimum Gasteiger partial charge on any atom is -0.343 e. The van der Waals surface area contributed by atoms with Gasteiger partial charge in [-0.15, -0.1) is 0 Å². The van der Waals surface area contributed by atoms with Crippen molar-refractivity contribution >= 4 is 16.8 Å². The molecule has 0 radical (unpaired) electrons. The molecule has 202 valence electrons. The number of piperidine rings is 1. The minimum atomic E-state index is -0.332. The molecule has 0 spiro atoms. The molecule has 8 heteroatoms. The number of nitrogens with zero attached hydrogens (tertiary/aromatic N) is 3. The molecule has 1 aliphatic carbocycles. The number of carbonyl (C=O) groups is 1. The lowest BCUT2D eigenvalue weighted by Crippen LogP contribution is -2.47. The average Bonchev–Trinajstić information content (AvgIpc) is 3.71. The van der Waals surface area contributed by atoms with Crippen LogP contribution in [0, 0.1) is 17.6 Å². The SMILES string of the molecule is Cn1ccc([C@H]2CCNCC2C(=O)N(Cc2cn(Cc3cccc(F)c3)c3cccc(F)c23)C2CC2)cc1=O. The Kier molecular flexibility index (Phi) is 6.81. The van der Waals surface area contributed by atoms with Crippen molar-refractivity contribution in [3.05, 3.63) is 106 Å². The molecule has 2 aromatic heterocycles. The summed E-state index contributed by atoms with van der Waals surface area (Å²) in [6.45, 7) is 2.02. The predicted octanol–water partition coefficient (Wildman–Crippen LogP) is 4.55. The predicted molar refractivity (Wildman–Crippen MR) is 146 cm³/mol. The third-order valence-electron chi connectivity index (χ3n) is 8.14. The molecule has 6 nitrogen and oxygen atoms in total. The van der Waals surface area contributed by atoms with Crippen molar-refractivity contribution in [3.63, 3.8) is 0 Å². The highest BCUT2D eigenvalue weighted by atomic mass is 19.1. The van der Waals surface area contributed by atoms with Crippen LogP contribution in [0.1, 0.15) is 41.9 Å². The quantitative estimate of drug-likeness (QED) is 0.382. The van der Waals surface area contributed by atoms with Gasteiger partial charge in [-0.05, 0) is 78.7 Å². The van der Waals surface area contributed by atoms with Gasteiger partial charge in [0.05, 0.1) is 11.4 Å². The number of hydrogen-bond donors (Lipinski definition) is 1. The molecular weight excluding hydrogens is 498 g/mol. The maximum atomic E-state index is 15.2. The van der Waals surface area contributed by atoms with Crippen LogP contribution in [0.15, 0.2) is 71.8 Å². The Labute approximate surface area is 225 Å². The summed E-state index contributed by atoms with van der Waals surface area (Å²) in [5, 5.41) is 3.87. The normalized spacial score (nSPS) is 19.4. The number of rotatable bonds is 7. The smallest absolute Gasteiger partial charge is 0.250 e. The molecule has 0 bridgehead atoms. The number of aromatic nitrogens is 2. The van der Waals surface area contributed by atoms with Gasteiger partial charge < -0.3 is 19.4 Å². The Bertz CT molecular complexity index is 1590. The number of carbonyl (C=O) groups excluding carboxylic acids is 1. The zero-order valence-corrected chi connectivity index (χ0v) is 21.9. The Morgan fingerprint density at radius 2 is 1.90 bits per heavy atom. The number of nitrogens with one attached hydrogen (secondary N) is 1. The lowest BCUT2D eigenvalue weighted by Gasteiger charge is -2.35. The van der Waals surface area contributed by atoms with Gasteiger partial charge in [0.25, 0.3) is 5.56 Å². The van der Waals surface area contributed by atoms with E-state index in [0.717, 1.165) is 48.0 Å². The summed E-state index contributed by atoms with van der Waals surface area (Å²) in [5.74, 6) is -0.969. The monoisotopic (exact) mass is 530 g/mol. The van der Waals surface area contributed by atoms with Gasteiger partial charge in [0, 0.05) is 56.6 Å². The van der Waals surface area contributed by atoms with Gasteiger partial charge in [-0.25, -0.2) is 8.78 Å². The summed E-state index contributed by atoms with van der Waals surface area (Å²) in [6.07, 6.45) is 6.28. The number of amides is 1. The fourth-order valence-corrected chi connectivity index (χ4v) is 5.96. The van der Waals surface area contributed by atoms with Gasteiger partial charge in [0.15, 0.2) is 0 Å². The second-order valence-corrected chi connectivity index (χ2v) is 10.9. The van der Waals surface area contributed by atoms with E-state index in [9.17, 15) is 14.0 Å². The van der Waals surface area contributed by atoms with Crippen LogP contribution in [0.3, 0.4) is 0 Å². The Hall–Kier alpha value is -3.78. The fourth-order valence-electron chi connectivity index (χ4n) is 5.96. The molecule has 2 atom stereocenters. The molecule has 1 unspecified atom stereocenters. The van der Waals surface area contributed by atoms with Crippen LogP contribution in [0.4, 0.5) is 8.78 Å². The van der Waals surface area contributed by atoms with Gasteiger partial charge in [0.2, 0.25) is 5.91 Å². The summed E-state index contributed by atoms with van der Waals surface area (Å²) < 4.78 is 32.5. The van der Waals surface area contributed by atoms with Gasteiger partial charge in [0.1, 0.15) is 11.6 Å². The van der Waals surface area contributed by atoms with Crippen molar-refractivity contribution < 1.29 is 13.6 Å². The van der Waals surface area contributed by atoms with E-state index in [-0.39, 0.29) is 41.0 Å². The number of pyridine rings is 1. The van der Waals surface area contributed by atoms with Crippen molar-refractivity contribution in [2.75, 3.05) is 13.1 Å². The minimum absolute atomic E-state index is 0.0396. The molecule has 2 fully saturated rings. The Morgan fingerprint density at radius 3 is 2.67 bits per heavy atom. The lowest BCUT2D eigenvalue weighted by atomic mass is 9.80. The molecule has 1 saturated carbocycles. The van der Waals surface area contributed by atoms with E-state index >= 15 is 4.39 Å². The van der Waals surface area contributed by atoms with Crippen molar-refractivity contribution in [3.8, 4) is 0 Å². The summed E-state index contributed by atoms with van der Waals surface area (Å²) >= 11 is 0. The lowest BCUT2D eigenvalue weighted by molar-refractivity contribution is -0.138. The zero-order valence-electron chi connectivity index (χ0n) is 21.9. The van der Waals surface area contributed by atoms with Crippen LogP contribution < -0.4 is 10.9 Å². The summed E-state index contributed by atoms with van der Waals surface area (Å²) in [5.41, 5.74) is 3.05. The molecule has 1 N–H and O–H groups in total. The van der Waals surface area contributed by atoms with E-state index in [1.54, 1.807) is 31.4 Å². The second-order valence-electron chi connectivity index (χ2n) is 10.9. The van der Waals surface area contributed by atoms with Crippen molar-refractivity contribution in [1.29, 1.82) is 0 Å². The third-order valence-corrected chi connectivity index (χ3v) is 8.14. The van der Waals surface area contributed by atoms with E-state index in [2.05, 4.69) is 5.32 Å². The number of halogens is 2. The molecular formula is C31H32F2N4O2. The van der Waals surface area contributed by atoms with Gasteiger partial charge in [-0.1, -0.05) is 18.2 Å². The first kappa shape index (κ1) is 25.5. The molecule has 1 amide bonds. The van der Waals surface area contributed by atoms with Crippen LogP contribution in [0.5, 0.6) is 0 Å². The van der Waals surface area contributed by atoms with Crippen LogP contribution in [-0.4, -0.2) is 39.1 Å². The molecule has 4 aromatic rings. The summed E-state index contributed by atoms with van der Waals surface area (Å²) in [6, 6.07) is 15.1. The number of hydrogen-bond acceptors (Lipinski definition) is 3. The molecule has 6 rings (SSSR count). The van der Waals surface area contributed by atoms with Gasteiger partial charge >= 0.3 is 0 Å². The number of fused-ring (bicyclic) bond motifs is 1. The fraction of sp³-hybridized carbons (Fsp3) is 0.355. The highest BCUT2D eigenvalue weighted by Gasteiger charge is 2.40. The molecule has 2 aliphatic rings. The largest absolute Gasteiger partial charge is 0.343 e. The van der Waals surface area contributed by atoms with Crippen molar-refractivity contribution in [2.45, 2.75) is 44.3 Å². The number of benzene rings is 2. The Morgan fingerprint density at radius 1 is 1.08 bits per heavy atom. The Balaban J connectivity index is 1.33. The van der Waals surface area contributed by atoms with E-state index in [0.29, 0.717) is 25.0 Å². The van der Waals surface area contributed by atoms with E-state index in [4.69, 9.17) is 0 Å². The zero-order chi connectivity index (χ0) is 27.1. The first-order valence-electron chi connectivity index (χ1n) is 13.6. The second kappa shape index (κ2) is 10.4. The molecule has 39 heavy (non-hydrogen) atoms. The summed E-state index contributed by atoms with van der Waals surface area (Å²) in [7, 11) is 1.72. The highest BCUT2D eigenvalue weighted by Crippen LogP contribution is 2.37. The summed E-state index contributed by atoms with van der Waals surface area (Å²) in [4.78, 5) is 28.4.